The molecule has 0 saturated carbocycles. The Morgan fingerprint density at radius 3 is 2.46 bits per heavy atom. The van der Waals surface area contributed by atoms with Gasteiger partial charge in [-0.1, -0.05) is 12.1 Å². The summed E-state index contributed by atoms with van der Waals surface area (Å²) in [6.07, 6.45) is 2.70. The zero-order chi connectivity index (χ0) is 27.1. The fraction of sp³-hybridized carbons (Fsp3) is 0.292. The van der Waals surface area contributed by atoms with Crippen molar-refractivity contribution in [1.82, 2.24) is 24.8 Å². The lowest BCUT2D eigenvalue weighted by molar-refractivity contribution is 0.0694. The zero-order valence-electron chi connectivity index (χ0n) is 20.1. The standard InChI is InChI=1S/C22H21BrN6O4S.C2H3N/c1-2-27-12-15(20(32)33)17(30)14-11-24-21(25-18(14)27)28-7-9-29(10-8-28)22(34)26-19(31)13-5-3-4-6-16(13)23;1-2-3/h3-6,11-12H,2,7-10H2,1H3,(H,32,33)(H,26,31,34);1H3. The van der Waals surface area contributed by atoms with Gasteiger partial charge in [0.05, 0.1) is 17.0 Å². The zero-order valence-corrected chi connectivity index (χ0v) is 22.5. The van der Waals surface area contributed by atoms with Crippen LogP contribution in [0.4, 0.5) is 5.95 Å². The summed E-state index contributed by atoms with van der Waals surface area (Å²) in [5, 5.41) is 19.9. The topological polar surface area (TPSA) is 144 Å². The summed E-state index contributed by atoms with van der Waals surface area (Å²) >= 11 is 8.81. The van der Waals surface area contributed by atoms with Gasteiger partial charge in [-0.15, -0.1) is 0 Å². The van der Waals surface area contributed by atoms with E-state index in [1.165, 1.54) is 19.3 Å². The Bertz CT molecular complexity index is 1450. The summed E-state index contributed by atoms with van der Waals surface area (Å²) in [6.45, 7) is 5.94. The number of pyridine rings is 1. The van der Waals surface area contributed by atoms with Gasteiger partial charge in [0, 0.05) is 56.5 Å². The van der Waals surface area contributed by atoms with Crippen LogP contribution in [0.15, 0.2) is 45.9 Å². The number of benzene rings is 1. The highest BCUT2D eigenvalue weighted by Gasteiger charge is 2.24. The van der Waals surface area contributed by atoms with Crippen molar-refractivity contribution in [1.29, 1.82) is 5.26 Å². The number of aryl methyl sites for hydroxylation is 1. The molecule has 3 aromatic rings. The Hall–Kier alpha value is -3.89. The molecule has 0 bridgehead atoms. The minimum absolute atomic E-state index is 0.167. The number of halogens is 1. The summed E-state index contributed by atoms with van der Waals surface area (Å²) in [5.74, 6) is -1.12. The SMILES string of the molecule is CC#N.CCn1cc(C(=O)O)c(=O)c2cnc(N3CCN(C(=S)NC(=O)c4ccccc4Br)CC3)nc21. The van der Waals surface area contributed by atoms with Gasteiger partial charge in [-0.05, 0) is 47.2 Å². The molecule has 1 aliphatic rings. The number of carboxylic acids is 1. The van der Waals surface area contributed by atoms with Crippen molar-refractivity contribution < 1.29 is 14.7 Å². The normalized spacial score (nSPS) is 12.8. The maximum Gasteiger partial charge on any atom is 0.341 e. The number of nitrogens with one attached hydrogen (secondary N) is 1. The van der Waals surface area contributed by atoms with Gasteiger partial charge < -0.3 is 19.5 Å². The number of thiocarbonyl (C=S) groups is 1. The van der Waals surface area contributed by atoms with E-state index in [0.717, 1.165) is 0 Å². The van der Waals surface area contributed by atoms with Crippen LogP contribution in [0.1, 0.15) is 34.6 Å². The van der Waals surface area contributed by atoms with E-state index in [4.69, 9.17) is 17.5 Å². The number of hydrogen-bond acceptors (Lipinski definition) is 8. The van der Waals surface area contributed by atoms with Crippen molar-refractivity contribution in [3.63, 3.8) is 0 Å². The summed E-state index contributed by atoms with van der Waals surface area (Å²) in [7, 11) is 0. The molecule has 2 aromatic heterocycles. The number of anilines is 1. The second-order valence-corrected chi connectivity index (χ2v) is 9.05. The Morgan fingerprint density at radius 1 is 1.22 bits per heavy atom. The first-order valence-electron chi connectivity index (χ1n) is 11.3. The van der Waals surface area contributed by atoms with Gasteiger partial charge in [0.15, 0.2) is 5.11 Å². The summed E-state index contributed by atoms with van der Waals surface area (Å²) in [4.78, 5) is 49.2. The van der Waals surface area contributed by atoms with E-state index < -0.39 is 11.4 Å². The molecular weight excluding hydrogens is 562 g/mol. The van der Waals surface area contributed by atoms with Gasteiger partial charge in [-0.3, -0.25) is 14.9 Å². The molecule has 0 spiro atoms. The number of rotatable bonds is 4. The van der Waals surface area contributed by atoms with Crippen molar-refractivity contribution in [2.24, 2.45) is 0 Å². The number of amides is 1. The Balaban J connectivity index is 0.00000121. The van der Waals surface area contributed by atoms with Crippen LogP contribution in [-0.4, -0.2) is 67.7 Å². The first kappa shape index (κ1) is 27.7. The Labute approximate surface area is 226 Å². The van der Waals surface area contributed by atoms with Gasteiger partial charge in [0.1, 0.15) is 11.2 Å². The predicted octanol–water partition coefficient (Wildman–Crippen LogP) is 2.64. The van der Waals surface area contributed by atoms with Gasteiger partial charge >= 0.3 is 5.97 Å². The van der Waals surface area contributed by atoms with Crippen LogP contribution in [0.25, 0.3) is 11.0 Å². The van der Waals surface area contributed by atoms with Crippen LogP contribution < -0.4 is 15.6 Å². The third-order valence-electron chi connectivity index (χ3n) is 5.56. The Morgan fingerprint density at radius 2 is 1.86 bits per heavy atom. The molecule has 1 fully saturated rings. The molecule has 192 valence electrons. The highest BCUT2D eigenvalue weighted by molar-refractivity contribution is 9.10. The van der Waals surface area contributed by atoms with E-state index in [-0.39, 0.29) is 16.9 Å². The molecule has 4 rings (SSSR count). The number of piperazine rings is 1. The minimum atomic E-state index is -1.28. The van der Waals surface area contributed by atoms with Gasteiger partial charge in [0.2, 0.25) is 11.4 Å². The van der Waals surface area contributed by atoms with E-state index >= 15 is 0 Å². The summed E-state index contributed by atoms with van der Waals surface area (Å²) < 4.78 is 2.32. The molecule has 2 N–H and O–H groups in total. The number of carboxylic acid groups (broad SMARTS) is 1. The maximum atomic E-state index is 12.5. The van der Waals surface area contributed by atoms with E-state index in [1.54, 1.807) is 28.8 Å². The molecule has 1 aliphatic heterocycles. The average molecular weight is 586 g/mol. The lowest BCUT2D eigenvalue weighted by atomic mass is 10.2. The smallest absolute Gasteiger partial charge is 0.341 e. The fourth-order valence-electron chi connectivity index (χ4n) is 3.71. The number of fused-ring (bicyclic) bond motifs is 1. The molecule has 13 heteroatoms. The quantitative estimate of drug-likeness (QED) is 0.438. The largest absolute Gasteiger partial charge is 0.477 e. The molecule has 0 aliphatic carbocycles. The number of hydrogen-bond donors (Lipinski definition) is 2. The highest BCUT2D eigenvalue weighted by atomic mass is 79.9. The first-order chi connectivity index (χ1) is 17.7. The number of nitrogens with zero attached hydrogens (tertiary/aromatic N) is 6. The third-order valence-corrected chi connectivity index (χ3v) is 6.61. The van der Waals surface area contributed by atoms with Crippen LogP contribution in [0, 0.1) is 11.3 Å². The van der Waals surface area contributed by atoms with Crippen molar-refractivity contribution in [3.05, 3.63) is 62.5 Å². The lowest BCUT2D eigenvalue weighted by Crippen LogP contribution is -2.53. The number of nitriles is 1. The number of carbonyl (C=O) groups excluding carboxylic acids is 1. The van der Waals surface area contributed by atoms with Crippen LogP contribution >= 0.6 is 28.1 Å². The van der Waals surface area contributed by atoms with Crippen molar-refractivity contribution in [2.45, 2.75) is 20.4 Å². The second-order valence-electron chi connectivity index (χ2n) is 7.81. The minimum Gasteiger partial charge on any atom is -0.477 e. The third kappa shape index (κ3) is 6.28. The van der Waals surface area contributed by atoms with Crippen molar-refractivity contribution in [2.75, 3.05) is 31.1 Å². The molecule has 1 amide bonds. The molecule has 1 saturated heterocycles. The number of aromatic nitrogens is 3. The fourth-order valence-corrected chi connectivity index (χ4v) is 4.45. The van der Waals surface area contributed by atoms with E-state index in [1.807, 2.05) is 22.8 Å². The molecule has 0 radical (unpaired) electrons. The average Bonchev–Trinajstić information content (AvgIpc) is 2.89. The molecule has 37 heavy (non-hydrogen) atoms. The first-order valence-corrected chi connectivity index (χ1v) is 12.5. The molecule has 0 unspecified atom stereocenters. The summed E-state index contributed by atoms with van der Waals surface area (Å²) in [6, 6.07) is 8.87. The monoisotopic (exact) mass is 585 g/mol. The van der Waals surface area contributed by atoms with Crippen LogP contribution in [-0.2, 0) is 6.54 Å². The molecule has 3 heterocycles. The van der Waals surface area contributed by atoms with Gasteiger partial charge in [0.25, 0.3) is 5.91 Å². The van der Waals surface area contributed by atoms with E-state index in [2.05, 4.69) is 31.2 Å². The van der Waals surface area contributed by atoms with Gasteiger partial charge in [-0.2, -0.15) is 10.2 Å². The second kappa shape index (κ2) is 12.4. The van der Waals surface area contributed by atoms with Crippen molar-refractivity contribution in [3.8, 4) is 6.07 Å². The lowest BCUT2D eigenvalue weighted by Gasteiger charge is -2.36. The molecule has 1 aromatic carbocycles. The number of aromatic carboxylic acids is 1. The highest BCUT2D eigenvalue weighted by Crippen LogP contribution is 2.18. The van der Waals surface area contributed by atoms with Crippen LogP contribution in [0.2, 0.25) is 0 Å². The van der Waals surface area contributed by atoms with E-state index in [0.29, 0.717) is 59.5 Å². The summed E-state index contributed by atoms with van der Waals surface area (Å²) in [5.41, 5.74) is -0.0191. The number of carbonyl (C=O) groups is 2. The Kier molecular flexibility index (Phi) is 9.26. The van der Waals surface area contributed by atoms with Crippen LogP contribution in [0.3, 0.4) is 0 Å². The maximum absolute atomic E-state index is 12.5. The molecule has 0 atom stereocenters. The van der Waals surface area contributed by atoms with E-state index in [9.17, 15) is 19.5 Å². The molecule has 11 nitrogen and oxygen atoms in total. The van der Waals surface area contributed by atoms with Gasteiger partial charge in [-0.25, -0.2) is 9.78 Å². The van der Waals surface area contributed by atoms with Crippen LogP contribution in [0.5, 0.6) is 0 Å². The molecular formula is C24H24BrN7O4S. The predicted molar refractivity (Wildman–Crippen MR) is 146 cm³/mol. The van der Waals surface area contributed by atoms with Crippen molar-refractivity contribution >= 4 is 62.1 Å².